The van der Waals surface area contributed by atoms with Gasteiger partial charge in [-0.25, -0.2) is 9.59 Å². The van der Waals surface area contributed by atoms with Crippen molar-refractivity contribution in [3.63, 3.8) is 0 Å². The molecule has 1 aromatic heterocycles. The molecule has 0 aliphatic carbocycles. The Kier molecular flexibility index (Phi) is 8.27. The van der Waals surface area contributed by atoms with Gasteiger partial charge in [-0.1, -0.05) is 18.2 Å². The summed E-state index contributed by atoms with van der Waals surface area (Å²) in [4.78, 5) is 37.1. The number of pyridine rings is 1. The number of nitrogens with one attached hydrogen (secondary N) is 2. The molecule has 2 aromatic rings. The van der Waals surface area contributed by atoms with Crippen LogP contribution in [0.4, 0.5) is 9.59 Å². The molecule has 0 saturated carbocycles. The van der Waals surface area contributed by atoms with Gasteiger partial charge in [0.15, 0.2) is 0 Å². The molecular weight excluding hydrogens is 426 g/mol. The Balaban J connectivity index is 2.23. The zero-order valence-electron chi connectivity index (χ0n) is 19.9. The number of aliphatic hydroxyl groups is 1. The fourth-order valence-electron chi connectivity index (χ4n) is 2.92. The molecule has 0 bridgehead atoms. The van der Waals surface area contributed by atoms with Gasteiger partial charge < -0.3 is 25.2 Å². The first-order chi connectivity index (χ1) is 15.2. The third-order valence-corrected chi connectivity index (χ3v) is 4.27. The fraction of sp³-hybridized carbons (Fsp3) is 0.458. The van der Waals surface area contributed by atoms with E-state index in [1.165, 1.54) is 10.6 Å². The normalized spacial score (nSPS) is 13.5. The molecule has 9 heteroatoms. The molecule has 0 aliphatic rings. The maximum Gasteiger partial charge on any atom is 0.408 e. The van der Waals surface area contributed by atoms with Crippen LogP contribution in [-0.2, 0) is 9.47 Å². The summed E-state index contributed by atoms with van der Waals surface area (Å²) in [6, 6.07) is 10.9. The van der Waals surface area contributed by atoms with E-state index in [-0.39, 0.29) is 17.7 Å². The van der Waals surface area contributed by atoms with Crippen molar-refractivity contribution in [1.29, 1.82) is 0 Å². The molecule has 2 atom stereocenters. The third kappa shape index (κ3) is 8.61. The van der Waals surface area contributed by atoms with Crippen molar-refractivity contribution in [2.75, 3.05) is 6.54 Å². The average molecular weight is 460 g/mol. The van der Waals surface area contributed by atoms with Crippen LogP contribution in [0.15, 0.2) is 53.5 Å². The van der Waals surface area contributed by atoms with Crippen molar-refractivity contribution in [1.82, 2.24) is 15.2 Å². The summed E-state index contributed by atoms with van der Waals surface area (Å²) in [5.74, 6) is 0. The second-order valence-electron chi connectivity index (χ2n) is 9.58. The van der Waals surface area contributed by atoms with E-state index in [9.17, 15) is 19.5 Å². The van der Waals surface area contributed by atoms with Gasteiger partial charge >= 0.3 is 12.2 Å². The average Bonchev–Trinajstić information content (AvgIpc) is 2.68. The Morgan fingerprint density at radius 2 is 1.55 bits per heavy atom. The van der Waals surface area contributed by atoms with E-state index in [1.54, 1.807) is 65.9 Å². The highest BCUT2D eigenvalue weighted by molar-refractivity contribution is 5.69. The number of hydrogen-bond donors (Lipinski definition) is 3. The maximum atomic E-state index is 12.7. The first-order valence-corrected chi connectivity index (χ1v) is 10.7. The van der Waals surface area contributed by atoms with Crippen LogP contribution in [0, 0.1) is 0 Å². The van der Waals surface area contributed by atoms with Crippen molar-refractivity contribution in [2.45, 2.75) is 64.9 Å². The van der Waals surface area contributed by atoms with E-state index < -0.39 is 35.5 Å². The number of benzene rings is 1. The predicted octanol–water partition coefficient (Wildman–Crippen LogP) is 3.29. The monoisotopic (exact) mass is 459 g/mol. The van der Waals surface area contributed by atoms with Gasteiger partial charge in [0.25, 0.3) is 5.56 Å². The lowest BCUT2D eigenvalue weighted by molar-refractivity contribution is 0.0379. The number of aliphatic hydroxyl groups excluding tert-OH is 1. The zero-order chi connectivity index (χ0) is 24.8. The fourth-order valence-corrected chi connectivity index (χ4v) is 2.92. The summed E-state index contributed by atoms with van der Waals surface area (Å²) >= 11 is 0. The van der Waals surface area contributed by atoms with Gasteiger partial charge in [-0.15, -0.1) is 0 Å². The highest BCUT2D eigenvalue weighted by Gasteiger charge is 2.27. The van der Waals surface area contributed by atoms with Gasteiger partial charge in [-0.3, -0.25) is 9.36 Å². The van der Waals surface area contributed by atoms with Gasteiger partial charge in [0.2, 0.25) is 0 Å². The van der Waals surface area contributed by atoms with Gasteiger partial charge in [0.1, 0.15) is 17.3 Å². The Bertz CT molecular complexity index is 1010. The number of aromatic nitrogens is 1. The van der Waals surface area contributed by atoms with E-state index in [0.29, 0.717) is 5.69 Å². The Hall–Kier alpha value is -3.33. The van der Waals surface area contributed by atoms with Crippen LogP contribution in [0.2, 0.25) is 0 Å². The number of carbonyl (C=O) groups excluding carboxylic acids is 2. The minimum Gasteiger partial charge on any atom is -0.444 e. The lowest BCUT2D eigenvalue weighted by Gasteiger charge is -2.28. The highest BCUT2D eigenvalue weighted by atomic mass is 16.6. The molecule has 0 aliphatic heterocycles. The quantitative estimate of drug-likeness (QED) is 0.610. The van der Waals surface area contributed by atoms with E-state index in [1.807, 2.05) is 18.2 Å². The second-order valence-corrected chi connectivity index (χ2v) is 9.58. The molecule has 9 nitrogen and oxygen atoms in total. The van der Waals surface area contributed by atoms with Crippen LogP contribution in [0.5, 0.6) is 0 Å². The topological polar surface area (TPSA) is 119 Å². The first-order valence-electron chi connectivity index (χ1n) is 10.7. The number of hydrogen-bond acceptors (Lipinski definition) is 6. The molecule has 0 fully saturated rings. The summed E-state index contributed by atoms with van der Waals surface area (Å²) in [6.07, 6.45) is -1.23. The van der Waals surface area contributed by atoms with E-state index >= 15 is 0 Å². The Labute approximate surface area is 193 Å². The van der Waals surface area contributed by atoms with Crippen molar-refractivity contribution >= 4 is 12.2 Å². The van der Waals surface area contributed by atoms with Crippen LogP contribution in [0.3, 0.4) is 0 Å². The van der Waals surface area contributed by atoms with Crippen LogP contribution in [0.1, 0.15) is 53.2 Å². The summed E-state index contributed by atoms with van der Waals surface area (Å²) < 4.78 is 11.9. The van der Waals surface area contributed by atoms with Crippen LogP contribution >= 0.6 is 0 Å². The number of amides is 2. The second kappa shape index (κ2) is 10.5. The zero-order valence-corrected chi connectivity index (χ0v) is 19.9. The molecule has 0 saturated heterocycles. The summed E-state index contributed by atoms with van der Waals surface area (Å²) in [7, 11) is 0. The molecule has 1 heterocycles. The lowest BCUT2D eigenvalue weighted by atomic mass is 10.0. The standard InChI is InChI=1S/C24H33N3O6/c1-23(2,3)32-21(30)25-15-18(26-22(31)33-24(4,5)6)20(29)16-12-13-27(19(28)14-16)17-10-8-7-9-11-17/h7-14,18,20,29H,15H2,1-6H3,(H,25,30)(H,26,31). The van der Waals surface area contributed by atoms with Gasteiger partial charge in [0, 0.05) is 24.5 Å². The van der Waals surface area contributed by atoms with Crippen molar-refractivity contribution < 1.29 is 24.2 Å². The molecule has 1 aromatic carbocycles. The van der Waals surface area contributed by atoms with E-state index in [0.717, 1.165) is 0 Å². The minimum atomic E-state index is -1.30. The van der Waals surface area contributed by atoms with Gasteiger partial charge in [-0.2, -0.15) is 0 Å². The van der Waals surface area contributed by atoms with Crippen molar-refractivity contribution in [3.05, 3.63) is 64.6 Å². The van der Waals surface area contributed by atoms with Crippen molar-refractivity contribution in [2.24, 2.45) is 0 Å². The summed E-state index contributed by atoms with van der Waals surface area (Å²) in [5.41, 5.74) is -0.862. The van der Waals surface area contributed by atoms with E-state index in [4.69, 9.17) is 9.47 Å². The Morgan fingerprint density at radius 3 is 2.09 bits per heavy atom. The van der Waals surface area contributed by atoms with Crippen LogP contribution in [0.25, 0.3) is 5.69 Å². The van der Waals surface area contributed by atoms with E-state index in [2.05, 4.69) is 10.6 Å². The Morgan fingerprint density at radius 1 is 0.970 bits per heavy atom. The smallest absolute Gasteiger partial charge is 0.408 e. The molecular formula is C24H33N3O6. The van der Waals surface area contributed by atoms with Crippen LogP contribution in [-0.4, -0.2) is 45.6 Å². The molecule has 0 spiro atoms. The van der Waals surface area contributed by atoms with Gasteiger partial charge in [-0.05, 0) is 65.3 Å². The summed E-state index contributed by atoms with van der Waals surface area (Å²) in [6.45, 7) is 10.1. The number of nitrogens with zero attached hydrogens (tertiary/aromatic N) is 1. The highest BCUT2D eigenvalue weighted by Crippen LogP contribution is 2.17. The number of carbonyl (C=O) groups is 2. The third-order valence-electron chi connectivity index (χ3n) is 4.27. The molecule has 2 rings (SSSR count). The molecule has 2 unspecified atom stereocenters. The van der Waals surface area contributed by atoms with Crippen LogP contribution < -0.4 is 16.2 Å². The number of para-hydroxylation sites is 1. The predicted molar refractivity (Wildman–Crippen MR) is 124 cm³/mol. The van der Waals surface area contributed by atoms with Crippen molar-refractivity contribution in [3.8, 4) is 5.69 Å². The number of ether oxygens (including phenoxy) is 2. The first kappa shape index (κ1) is 25.9. The van der Waals surface area contributed by atoms with Gasteiger partial charge in [0.05, 0.1) is 6.04 Å². The molecule has 0 radical (unpaired) electrons. The minimum absolute atomic E-state index is 0.156. The number of rotatable bonds is 6. The molecule has 33 heavy (non-hydrogen) atoms. The SMILES string of the molecule is CC(C)(C)OC(=O)NCC(NC(=O)OC(C)(C)C)C(O)c1ccn(-c2ccccc2)c(=O)c1. The summed E-state index contributed by atoms with van der Waals surface area (Å²) in [5, 5.41) is 16.0. The molecule has 180 valence electrons. The molecule has 3 N–H and O–H groups in total. The largest absolute Gasteiger partial charge is 0.444 e. The number of alkyl carbamates (subject to hydrolysis) is 2. The molecule has 2 amide bonds. The lowest BCUT2D eigenvalue weighted by Crippen LogP contribution is -2.49. The maximum absolute atomic E-state index is 12.7.